The lowest BCUT2D eigenvalue weighted by molar-refractivity contribution is 0.211. The highest BCUT2D eigenvalue weighted by Crippen LogP contribution is 2.33. The van der Waals surface area contributed by atoms with Crippen molar-refractivity contribution in [1.29, 1.82) is 0 Å². The second-order valence-corrected chi connectivity index (χ2v) is 6.20. The monoisotopic (exact) mass is 263 g/mol. The summed E-state index contributed by atoms with van der Waals surface area (Å²) in [5.41, 5.74) is 2.48. The highest BCUT2D eigenvalue weighted by atomic mass is 15.3. The van der Waals surface area contributed by atoms with Gasteiger partial charge in [0, 0.05) is 25.2 Å². The van der Waals surface area contributed by atoms with E-state index in [1.54, 1.807) is 0 Å². The van der Waals surface area contributed by atoms with Crippen molar-refractivity contribution in [2.75, 3.05) is 7.05 Å². The van der Waals surface area contributed by atoms with Gasteiger partial charge in [-0.05, 0) is 44.7 Å². The van der Waals surface area contributed by atoms with E-state index in [0.717, 1.165) is 24.0 Å². The zero-order valence-corrected chi connectivity index (χ0v) is 12.9. The SMILES string of the molecule is CCC1CCCC(C(Cc2cc(C)nn2C)NC)C1. The Morgan fingerprint density at radius 2 is 2.26 bits per heavy atom. The van der Waals surface area contributed by atoms with E-state index in [1.165, 1.54) is 37.8 Å². The lowest BCUT2D eigenvalue weighted by Crippen LogP contribution is -2.38. The van der Waals surface area contributed by atoms with E-state index in [9.17, 15) is 0 Å². The van der Waals surface area contributed by atoms with Crippen LogP contribution in [0, 0.1) is 18.8 Å². The molecule has 1 aromatic heterocycles. The Hall–Kier alpha value is -0.830. The van der Waals surface area contributed by atoms with Crippen LogP contribution in [0.1, 0.15) is 50.4 Å². The maximum atomic E-state index is 4.46. The molecule has 3 unspecified atom stereocenters. The Balaban J connectivity index is 2.01. The topological polar surface area (TPSA) is 29.9 Å². The molecular weight excluding hydrogens is 234 g/mol. The molecule has 3 nitrogen and oxygen atoms in total. The van der Waals surface area contributed by atoms with Crippen molar-refractivity contribution in [2.24, 2.45) is 18.9 Å². The predicted octanol–water partition coefficient (Wildman–Crippen LogP) is 3.08. The van der Waals surface area contributed by atoms with E-state index in [2.05, 4.69) is 44.4 Å². The first-order valence-electron chi connectivity index (χ1n) is 7.80. The molecule has 19 heavy (non-hydrogen) atoms. The molecule has 0 aliphatic heterocycles. The molecule has 1 saturated carbocycles. The third-order valence-electron chi connectivity index (χ3n) is 4.87. The first kappa shape index (κ1) is 14.6. The van der Waals surface area contributed by atoms with Crippen molar-refractivity contribution in [1.82, 2.24) is 15.1 Å². The molecule has 108 valence electrons. The maximum Gasteiger partial charge on any atom is 0.0596 e. The molecule has 0 bridgehead atoms. The van der Waals surface area contributed by atoms with Crippen molar-refractivity contribution >= 4 is 0 Å². The third-order valence-corrected chi connectivity index (χ3v) is 4.87. The molecule has 1 N–H and O–H groups in total. The van der Waals surface area contributed by atoms with Crippen LogP contribution in [0.5, 0.6) is 0 Å². The number of likely N-dealkylation sites (N-methyl/N-ethyl adjacent to an activating group) is 1. The van der Waals surface area contributed by atoms with Gasteiger partial charge in [0.25, 0.3) is 0 Å². The molecule has 3 heteroatoms. The lowest BCUT2D eigenvalue weighted by atomic mass is 9.76. The van der Waals surface area contributed by atoms with Crippen LogP contribution in [0.25, 0.3) is 0 Å². The van der Waals surface area contributed by atoms with Gasteiger partial charge in [-0.15, -0.1) is 0 Å². The summed E-state index contributed by atoms with van der Waals surface area (Å²) in [6.45, 7) is 4.41. The van der Waals surface area contributed by atoms with Crippen molar-refractivity contribution in [3.05, 3.63) is 17.5 Å². The number of hydrogen-bond donors (Lipinski definition) is 1. The van der Waals surface area contributed by atoms with Crippen LogP contribution in [0.2, 0.25) is 0 Å². The minimum absolute atomic E-state index is 0.601. The molecule has 0 aromatic carbocycles. The largest absolute Gasteiger partial charge is 0.316 e. The summed E-state index contributed by atoms with van der Waals surface area (Å²) < 4.78 is 2.04. The minimum atomic E-state index is 0.601. The molecule has 0 saturated heterocycles. The lowest BCUT2D eigenvalue weighted by Gasteiger charge is -2.34. The molecule has 1 aromatic rings. The summed E-state index contributed by atoms with van der Waals surface area (Å²) in [5, 5.41) is 8.02. The van der Waals surface area contributed by atoms with Gasteiger partial charge in [-0.25, -0.2) is 0 Å². The fraction of sp³-hybridized carbons (Fsp3) is 0.812. The Labute approximate surface area is 117 Å². The van der Waals surface area contributed by atoms with Crippen LogP contribution in [-0.2, 0) is 13.5 Å². The number of hydrogen-bond acceptors (Lipinski definition) is 2. The quantitative estimate of drug-likeness (QED) is 0.885. The fourth-order valence-electron chi connectivity index (χ4n) is 3.65. The summed E-state index contributed by atoms with van der Waals surface area (Å²) >= 11 is 0. The van der Waals surface area contributed by atoms with E-state index in [-0.39, 0.29) is 0 Å². The molecule has 1 fully saturated rings. The predicted molar refractivity (Wildman–Crippen MR) is 80.2 cm³/mol. The van der Waals surface area contributed by atoms with Crippen molar-refractivity contribution in [3.63, 3.8) is 0 Å². The molecule has 1 heterocycles. The van der Waals surface area contributed by atoms with Crippen LogP contribution >= 0.6 is 0 Å². The van der Waals surface area contributed by atoms with Gasteiger partial charge in [0.15, 0.2) is 0 Å². The maximum absolute atomic E-state index is 4.46. The molecule has 1 aliphatic rings. The van der Waals surface area contributed by atoms with Crippen LogP contribution in [-0.4, -0.2) is 22.9 Å². The first-order chi connectivity index (χ1) is 9.13. The molecule has 1 aliphatic carbocycles. The van der Waals surface area contributed by atoms with Crippen LogP contribution in [0.4, 0.5) is 0 Å². The zero-order chi connectivity index (χ0) is 13.8. The van der Waals surface area contributed by atoms with Gasteiger partial charge in [-0.2, -0.15) is 5.10 Å². The van der Waals surface area contributed by atoms with E-state index in [4.69, 9.17) is 0 Å². The zero-order valence-electron chi connectivity index (χ0n) is 12.9. The number of aromatic nitrogens is 2. The summed E-state index contributed by atoms with van der Waals surface area (Å²) in [7, 11) is 4.17. The molecular formula is C16H29N3. The highest BCUT2D eigenvalue weighted by molar-refractivity contribution is 5.10. The van der Waals surface area contributed by atoms with Gasteiger partial charge in [0.1, 0.15) is 0 Å². The standard InChI is InChI=1S/C16H29N3/c1-5-13-7-6-8-14(10-13)16(17-3)11-15-9-12(2)18-19(15)4/h9,13-14,16-17H,5-8,10-11H2,1-4H3. The van der Waals surface area contributed by atoms with Crippen molar-refractivity contribution < 1.29 is 0 Å². The Bertz CT molecular complexity index is 397. The first-order valence-corrected chi connectivity index (χ1v) is 7.80. The number of nitrogens with zero attached hydrogens (tertiary/aromatic N) is 2. The number of aryl methyl sites for hydroxylation is 2. The third kappa shape index (κ3) is 3.59. The summed E-state index contributed by atoms with van der Waals surface area (Å²) in [6.07, 6.45) is 8.09. The van der Waals surface area contributed by atoms with Gasteiger partial charge in [-0.1, -0.05) is 26.2 Å². The normalized spacial score (nSPS) is 25.5. The van der Waals surface area contributed by atoms with Gasteiger partial charge in [0.2, 0.25) is 0 Å². The Morgan fingerprint density at radius 1 is 1.47 bits per heavy atom. The average Bonchev–Trinajstić information content (AvgIpc) is 2.74. The van der Waals surface area contributed by atoms with Crippen LogP contribution in [0.15, 0.2) is 6.07 Å². The van der Waals surface area contributed by atoms with Crippen LogP contribution < -0.4 is 5.32 Å². The molecule has 0 spiro atoms. The summed E-state index contributed by atoms with van der Waals surface area (Å²) in [4.78, 5) is 0. The molecule has 0 radical (unpaired) electrons. The van der Waals surface area contributed by atoms with Crippen LogP contribution in [0.3, 0.4) is 0 Å². The Kier molecular flexibility index (Phi) is 5.03. The number of rotatable bonds is 5. The van der Waals surface area contributed by atoms with Crippen molar-refractivity contribution in [2.45, 2.75) is 58.4 Å². The molecule has 3 atom stereocenters. The Morgan fingerprint density at radius 3 is 2.84 bits per heavy atom. The van der Waals surface area contributed by atoms with Gasteiger partial charge >= 0.3 is 0 Å². The van der Waals surface area contributed by atoms with E-state index < -0.39 is 0 Å². The van der Waals surface area contributed by atoms with E-state index in [0.29, 0.717) is 6.04 Å². The second kappa shape index (κ2) is 6.56. The fourth-order valence-corrected chi connectivity index (χ4v) is 3.65. The average molecular weight is 263 g/mol. The van der Waals surface area contributed by atoms with E-state index >= 15 is 0 Å². The highest BCUT2D eigenvalue weighted by Gasteiger charge is 2.27. The van der Waals surface area contributed by atoms with Gasteiger partial charge in [0.05, 0.1) is 5.69 Å². The van der Waals surface area contributed by atoms with E-state index in [1.807, 2.05) is 4.68 Å². The number of nitrogens with one attached hydrogen (secondary N) is 1. The second-order valence-electron chi connectivity index (χ2n) is 6.20. The van der Waals surface area contributed by atoms with Gasteiger partial charge < -0.3 is 5.32 Å². The summed E-state index contributed by atoms with van der Waals surface area (Å²) in [5.74, 6) is 1.78. The molecule has 2 rings (SSSR count). The minimum Gasteiger partial charge on any atom is -0.316 e. The molecule has 0 amide bonds. The summed E-state index contributed by atoms with van der Waals surface area (Å²) in [6, 6.07) is 2.83. The smallest absolute Gasteiger partial charge is 0.0596 e. The van der Waals surface area contributed by atoms with Crippen molar-refractivity contribution in [3.8, 4) is 0 Å². The van der Waals surface area contributed by atoms with Gasteiger partial charge in [-0.3, -0.25) is 4.68 Å².